The molecule has 0 saturated heterocycles. The first-order valence-corrected chi connectivity index (χ1v) is 9.21. The number of aromatic nitrogens is 4. The Balaban J connectivity index is 1.75. The fourth-order valence-electron chi connectivity index (χ4n) is 2.99. The van der Waals surface area contributed by atoms with Crippen molar-refractivity contribution in [3.63, 3.8) is 0 Å². The number of rotatable bonds is 5. The predicted molar refractivity (Wildman–Crippen MR) is 109 cm³/mol. The number of carbonyl (C=O) groups is 1. The first kappa shape index (κ1) is 21.7. The third kappa shape index (κ3) is 4.42. The Bertz CT molecular complexity index is 1370. The summed E-state index contributed by atoms with van der Waals surface area (Å²) in [7, 11) is 1.28. The van der Waals surface area contributed by atoms with E-state index in [1.807, 2.05) is 0 Å². The molecule has 2 aromatic heterocycles. The van der Waals surface area contributed by atoms with Gasteiger partial charge in [0.1, 0.15) is 5.75 Å². The lowest BCUT2D eigenvalue weighted by molar-refractivity contribution is -0.384. The highest BCUT2D eigenvalue weighted by Crippen LogP contribution is 2.32. The fourth-order valence-corrected chi connectivity index (χ4v) is 2.99. The van der Waals surface area contributed by atoms with E-state index in [0.717, 1.165) is 18.2 Å². The zero-order valence-corrected chi connectivity index (χ0v) is 16.7. The van der Waals surface area contributed by atoms with Crippen LogP contribution in [0.3, 0.4) is 0 Å². The van der Waals surface area contributed by atoms with E-state index in [4.69, 9.17) is 4.74 Å². The Morgan fingerprint density at radius 3 is 2.48 bits per heavy atom. The second-order valence-corrected chi connectivity index (χ2v) is 6.67. The number of halogens is 3. The molecule has 0 unspecified atom stereocenters. The molecule has 168 valence electrons. The molecule has 1 amide bonds. The lowest BCUT2D eigenvalue weighted by Crippen LogP contribution is -2.16. The van der Waals surface area contributed by atoms with Gasteiger partial charge in [0.25, 0.3) is 17.4 Å². The Labute approximate surface area is 182 Å². The molecule has 0 aliphatic carbocycles. The third-order valence-corrected chi connectivity index (χ3v) is 4.47. The topological polar surface area (TPSA) is 125 Å². The maximum Gasteiger partial charge on any atom is 0.433 e. The Morgan fingerprint density at radius 2 is 1.85 bits per heavy atom. The summed E-state index contributed by atoms with van der Waals surface area (Å²) in [5.41, 5.74) is -1.14. The molecule has 1 N–H and O–H groups in total. The molecule has 10 nitrogen and oxygen atoms in total. The van der Waals surface area contributed by atoms with Gasteiger partial charge in [-0.05, 0) is 6.07 Å². The van der Waals surface area contributed by atoms with Crippen molar-refractivity contribution in [3.8, 4) is 17.0 Å². The summed E-state index contributed by atoms with van der Waals surface area (Å²) in [4.78, 5) is 30.9. The standard InChI is InChI=1S/C20H13F3N6O4/c1-33-14-8-12(7-13(9-14)29(31)32)24-18(30)17-26-19-25-15(11-5-3-2-4-6-11)10-16(20(21,22)23)28(19)27-17/h2-10H,1H3,(H,24,30). The molecule has 4 aromatic rings. The van der Waals surface area contributed by atoms with E-state index in [1.54, 1.807) is 30.3 Å². The van der Waals surface area contributed by atoms with Gasteiger partial charge in [-0.3, -0.25) is 14.9 Å². The molecular weight excluding hydrogens is 445 g/mol. The summed E-state index contributed by atoms with van der Waals surface area (Å²) in [6.45, 7) is 0. The van der Waals surface area contributed by atoms with Gasteiger partial charge in [-0.25, -0.2) is 4.98 Å². The number of nitrogens with one attached hydrogen (secondary N) is 1. The number of fused-ring (bicyclic) bond motifs is 1. The second kappa shape index (κ2) is 8.18. The first-order valence-electron chi connectivity index (χ1n) is 9.21. The Morgan fingerprint density at radius 1 is 1.12 bits per heavy atom. The Kier molecular flexibility index (Phi) is 5.37. The molecule has 0 atom stereocenters. The van der Waals surface area contributed by atoms with Crippen LogP contribution in [0.4, 0.5) is 24.5 Å². The van der Waals surface area contributed by atoms with Gasteiger partial charge in [0.05, 0.1) is 29.5 Å². The van der Waals surface area contributed by atoms with E-state index in [2.05, 4.69) is 20.4 Å². The maximum absolute atomic E-state index is 13.7. The van der Waals surface area contributed by atoms with Gasteiger partial charge in [-0.2, -0.15) is 22.7 Å². The van der Waals surface area contributed by atoms with E-state index in [0.29, 0.717) is 10.1 Å². The number of ether oxygens (including phenoxy) is 1. The van der Waals surface area contributed by atoms with E-state index in [1.165, 1.54) is 13.2 Å². The smallest absolute Gasteiger partial charge is 0.433 e. The van der Waals surface area contributed by atoms with Crippen molar-refractivity contribution in [2.45, 2.75) is 6.18 Å². The SMILES string of the molecule is COc1cc(NC(=O)c2nc3nc(-c4ccccc4)cc(C(F)(F)F)n3n2)cc([N+](=O)[O-])c1. The summed E-state index contributed by atoms with van der Waals surface area (Å²) in [6, 6.07) is 12.5. The molecule has 0 bridgehead atoms. The van der Waals surface area contributed by atoms with Crippen LogP contribution in [0, 0.1) is 10.1 Å². The van der Waals surface area contributed by atoms with Crippen molar-refractivity contribution in [2.75, 3.05) is 12.4 Å². The van der Waals surface area contributed by atoms with Gasteiger partial charge in [-0.15, -0.1) is 5.10 Å². The number of hydrogen-bond donors (Lipinski definition) is 1. The zero-order chi connectivity index (χ0) is 23.8. The molecule has 33 heavy (non-hydrogen) atoms. The Hall–Kier alpha value is -4.55. The highest BCUT2D eigenvalue weighted by atomic mass is 19.4. The van der Waals surface area contributed by atoms with Crippen LogP contribution in [0.5, 0.6) is 5.75 Å². The summed E-state index contributed by atoms with van der Waals surface area (Å²) in [5, 5.41) is 17.0. The number of nitrogens with zero attached hydrogens (tertiary/aromatic N) is 5. The van der Waals surface area contributed by atoms with Gasteiger partial charge < -0.3 is 10.1 Å². The number of anilines is 1. The molecular formula is C20H13F3N6O4. The van der Waals surface area contributed by atoms with Gasteiger partial charge in [-0.1, -0.05) is 30.3 Å². The predicted octanol–water partition coefficient (Wildman–Crippen LogP) is 3.98. The van der Waals surface area contributed by atoms with Crippen LogP contribution in [0.15, 0.2) is 54.6 Å². The lowest BCUT2D eigenvalue weighted by atomic mass is 10.1. The number of hydrogen-bond acceptors (Lipinski definition) is 7. The van der Waals surface area contributed by atoms with E-state index in [9.17, 15) is 28.1 Å². The molecule has 0 spiro atoms. The van der Waals surface area contributed by atoms with Crippen LogP contribution >= 0.6 is 0 Å². The lowest BCUT2D eigenvalue weighted by Gasteiger charge is -2.10. The van der Waals surface area contributed by atoms with Gasteiger partial charge in [0.2, 0.25) is 5.82 Å². The maximum atomic E-state index is 13.7. The van der Waals surface area contributed by atoms with Crippen LogP contribution in [0.1, 0.15) is 16.3 Å². The zero-order valence-electron chi connectivity index (χ0n) is 16.7. The van der Waals surface area contributed by atoms with E-state index >= 15 is 0 Å². The molecule has 13 heteroatoms. The molecule has 4 rings (SSSR count). The normalized spacial score (nSPS) is 11.4. The number of benzene rings is 2. The van der Waals surface area contributed by atoms with Crippen LogP contribution in [0.25, 0.3) is 17.0 Å². The van der Waals surface area contributed by atoms with Crippen molar-refractivity contribution in [2.24, 2.45) is 0 Å². The number of carbonyl (C=O) groups excluding carboxylic acids is 1. The largest absolute Gasteiger partial charge is 0.496 e. The third-order valence-electron chi connectivity index (χ3n) is 4.47. The summed E-state index contributed by atoms with van der Waals surface area (Å²) in [6.07, 6.45) is -4.81. The number of nitro groups is 1. The van der Waals surface area contributed by atoms with Gasteiger partial charge >= 0.3 is 6.18 Å². The molecule has 2 heterocycles. The molecule has 0 fully saturated rings. The molecule has 0 radical (unpaired) electrons. The molecule has 0 aliphatic rings. The van der Waals surface area contributed by atoms with Crippen molar-refractivity contribution < 1.29 is 27.6 Å². The van der Waals surface area contributed by atoms with Crippen molar-refractivity contribution in [3.05, 3.63) is 76.2 Å². The second-order valence-electron chi connectivity index (χ2n) is 6.67. The van der Waals surface area contributed by atoms with Crippen molar-refractivity contribution in [1.82, 2.24) is 19.6 Å². The van der Waals surface area contributed by atoms with Gasteiger partial charge in [0.15, 0.2) is 5.69 Å². The van der Waals surface area contributed by atoms with Crippen molar-refractivity contribution in [1.29, 1.82) is 0 Å². The number of alkyl halides is 3. The number of non-ortho nitro benzene ring substituents is 1. The van der Waals surface area contributed by atoms with Crippen LogP contribution in [-0.4, -0.2) is 37.5 Å². The van der Waals surface area contributed by atoms with Crippen LogP contribution < -0.4 is 10.1 Å². The minimum Gasteiger partial charge on any atom is -0.496 e. The van der Waals surface area contributed by atoms with Crippen LogP contribution in [0.2, 0.25) is 0 Å². The minimum absolute atomic E-state index is 0.00166. The monoisotopic (exact) mass is 458 g/mol. The van der Waals surface area contributed by atoms with E-state index < -0.39 is 34.3 Å². The average molecular weight is 458 g/mol. The van der Waals surface area contributed by atoms with Crippen molar-refractivity contribution >= 4 is 23.1 Å². The number of amides is 1. The van der Waals surface area contributed by atoms with E-state index in [-0.39, 0.29) is 22.8 Å². The molecule has 2 aromatic carbocycles. The quantitative estimate of drug-likeness (QED) is 0.354. The number of nitro benzene ring substituents is 1. The van der Waals surface area contributed by atoms with Gasteiger partial charge in [0, 0.05) is 17.7 Å². The molecule has 0 saturated carbocycles. The first-order chi connectivity index (χ1) is 15.7. The summed E-state index contributed by atoms with van der Waals surface area (Å²) in [5.74, 6) is -1.94. The molecule has 0 aliphatic heterocycles. The average Bonchev–Trinajstić information content (AvgIpc) is 3.22. The number of methoxy groups -OCH3 is 1. The highest BCUT2D eigenvalue weighted by molar-refractivity contribution is 6.02. The van der Waals surface area contributed by atoms with Crippen LogP contribution in [-0.2, 0) is 6.18 Å². The fraction of sp³-hybridized carbons (Fsp3) is 0.100. The summed E-state index contributed by atoms with van der Waals surface area (Å²) < 4.78 is 46.4. The highest BCUT2D eigenvalue weighted by Gasteiger charge is 2.36. The minimum atomic E-state index is -4.81. The summed E-state index contributed by atoms with van der Waals surface area (Å²) >= 11 is 0.